The zero-order valence-corrected chi connectivity index (χ0v) is 12.7. The van der Waals surface area contributed by atoms with Gasteiger partial charge in [-0.1, -0.05) is 0 Å². The summed E-state index contributed by atoms with van der Waals surface area (Å²) < 4.78 is 5.36. The van der Waals surface area contributed by atoms with Gasteiger partial charge in [0.15, 0.2) is 0 Å². The van der Waals surface area contributed by atoms with E-state index in [0.29, 0.717) is 31.2 Å². The maximum atomic E-state index is 5.87. The number of hydrogen-bond donors (Lipinski definition) is 1. The molecule has 2 fully saturated rings. The average Bonchev–Trinajstić information content (AvgIpc) is 2.98. The second-order valence-electron chi connectivity index (χ2n) is 5.75. The summed E-state index contributed by atoms with van der Waals surface area (Å²) in [7, 11) is 4.21. The third-order valence-corrected chi connectivity index (χ3v) is 4.10. The first-order chi connectivity index (χ1) is 10.1. The van der Waals surface area contributed by atoms with Crippen LogP contribution in [0.1, 0.15) is 6.42 Å². The number of aromatic nitrogens is 3. The number of hydrogen-bond acceptors (Lipinski definition) is 8. The Balaban J connectivity index is 1.78. The van der Waals surface area contributed by atoms with Gasteiger partial charge in [-0.2, -0.15) is 15.0 Å². The minimum Gasteiger partial charge on any atom is -0.378 e. The van der Waals surface area contributed by atoms with Crippen molar-refractivity contribution in [3.63, 3.8) is 0 Å². The maximum absolute atomic E-state index is 5.87. The lowest BCUT2D eigenvalue weighted by atomic mass is 10.2. The van der Waals surface area contributed by atoms with Crippen molar-refractivity contribution in [1.82, 2.24) is 19.9 Å². The molecule has 21 heavy (non-hydrogen) atoms. The van der Waals surface area contributed by atoms with Crippen LogP contribution in [0.3, 0.4) is 0 Å². The van der Waals surface area contributed by atoms with Gasteiger partial charge >= 0.3 is 0 Å². The van der Waals surface area contributed by atoms with E-state index in [2.05, 4.69) is 43.7 Å². The Kier molecular flexibility index (Phi) is 4.07. The summed E-state index contributed by atoms with van der Waals surface area (Å²) in [4.78, 5) is 19.7. The van der Waals surface area contributed by atoms with Crippen molar-refractivity contribution in [2.45, 2.75) is 12.5 Å². The van der Waals surface area contributed by atoms with Crippen LogP contribution in [0.25, 0.3) is 0 Å². The number of nitrogens with two attached hydrogens (primary N) is 1. The lowest BCUT2D eigenvalue weighted by molar-refractivity contribution is 0.122. The molecule has 0 bridgehead atoms. The van der Waals surface area contributed by atoms with Crippen LogP contribution in [0.5, 0.6) is 0 Å². The van der Waals surface area contributed by atoms with Gasteiger partial charge in [-0.05, 0) is 20.5 Å². The molecule has 1 unspecified atom stereocenters. The Morgan fingerprint density at radius 1 is 1.05 bits per heavy atom. The number of likely N-dealkylation sites (N-methyl/N-ethyl adjacent to an activating group) is 1. The fourth-order valence-electron chi connectivity index (χ4n) is 2.76. The number of morpholine rings is 1. The van der Waals surface area contributed by atoms with Gasteiger partial charge in [0, 0.05) is 32.2 Å². The van der Waals surface area contributed by atoms with Gasteiger partial charge in [-0.25, -0.2) is 0 Å². The van der Waals surface area contributed by atoms with E-state index in [1.54, 1.807) is 0 Å². The van der Waals surface area contributed by atoms with Crippen LogP contribution in [0.15, 0.2) is 0 Å². The molecule has 116 valence electrons. The summed E-state index contributed by atoms with van der Waals surface area (Å²) in [6.07, 6.45) is 1.12. The van der Waals surface area contributed by atoms with Crippen LogP contribution in [0.4, 0.5) is 17.8 Å². The molecule has 0 saturated carbocycles. The van der Waals surface area contributed by atoms with E-state index in [1.807, 2.05) is 0 Å². The monoisotopic (exact) mass is 293 g/mol. The van der Waals surface area contributed by atoms with Gasteiger partial charge in [0.2, 0.25) is 17.8 Å². The minimum atomic E-state index is 0.287. The van der Waals surface area contributed by atoms with Crippen molar-refractivity contribution >= 4 is 17.8 Å². The Labute approximate surface area is 124 Å². The second kappa shape index (κ2) is 5.98. The molecule has 3 rings (SSSR count). The Morgan fingerprint density at radius 3 is 2.33 bits per heavy atom. The molecule has 8 nitrogen and oxygen atoms in total. The summed E-state index contributed by atoms with van der Waals surface area (Å²) in [5.41, 5.74) is 5.87. The smallest absolute Gasteiger partial charge is 0.232 e. The van der Waals surface area contributed by atoms with Crippen LogP contribution >= 0.6 is 0 Å². The van der Waals surface area contributed by atoms with Crippen molar-refractivity contribution in [2.24, 2.45) is 0 Å². The molecule has 0 radical (unpaired) electrons. The fraction of sp³-hybridized carbons (Fsp3) is 0.769. The Hall–Kier alpha value is -1.67. The van der Waals surface area contributed by atoms with Gasteiger partial charge < -0.3 is 25.2 Å². The standard InChI is InChI=1S/C13H23N7O/c1-18(2)10-3-4-20(9-10)13-16-11(14)15-12(17-13)19-5-7-21-8-6-19/h10H,3-9H2,1-2H3,(H2,14,15,16,17). The first kappa shape index (κ1) is 14.3. The van der Waals surface area contributed by atoms with E-state index in [4.69, 9.17) is 10.5 Å². The van der Waals surface area contributed by atoms with Crippen LogP contribution in [-0.2, 0) is 4.74 Å². The molecule has 2 N–H and O–H groups in total. The highest BCUT2D eigenvalue weighted by atomic mass is 16.5. The fourth-order valence-corrected chi connectivity index (χ4v) is 2.76. The predicted octanol–water partition coefficient (Wildman–Crippen LogP) is -0.569. The largest absolute Gasteiger partial charge is 0.378 e. The Bertz CT molecular complexity index is 489. The van der Waals surface area contributed by atoms with Crippen LogP contribution in [0.2, 0.25) is 0 Å². The Morgan fingerprint density at radius 2 is 1.71 bits per heavy atom. The molecule has 0 aliphatic carbocycles. The predicted molar refractivity (Wildman–Crippen MR) is 81.6 cm³/mol. The third-order valence-electron chi connectivity index (χ3n) is 4.10. The molecule has 0 aromatic carbocycles. The third kappa shape index (κ3) is 3.16. The molecule has 1 atom stereocenters. The van der Waals surface area contributed by atoms with Gasteiger partial charge in [-0.15, -0.1) is 0 Å². The molecule has 1 aromatic heterocycles. The van der Waals surface area contributed by atoms with Gasteiger partial charge in [0.1, 0.15) is 0 Å². The number of ether oxygens (including phenoxy) is 1. The van der Waals surface area contributed by atoms with Crippen LogP contribution in [-0.4, -0.2) is 79.4 Å². The molecular formula is C13H23N7O. The molecule has 2 aliphatic heterocycles. The zero-order valence-electron chi connectivity index (χ0n) is 12.7. The van der Waals surface area contributed by atoms with Gasteiger partial charge in [0.25, 0.3) is 0 Å². The van der Waals surface area contributed by atoms with Crippen molar-refractivity contribution < 1.29 is 4.74 Å². The van der Waals surface area contributed by atoms with Crippen molar-refractivity contribution in [3.05, 3.63) is 0 Å². The second-order valence-corrected chi connectivity index (χ2v) is 5.75. The highest BCUT2D eigenvalue weighted by molar-refractivity contribution is 5.44. The average molecular weight is 293 g/mol. The molecule has 0 spiro atoms. The first-order valence-electron chi connectivity index (χ1n) is 7.39. The molecule has 1 aromatic rings. The van der Waals surface area contributed by atoms with Gasteiger partial charge in [-0.3, -0.25) is 0 Å². The van der Waals surface area contributed by atoms with E-state index < -0.39 is 0 Å². The quantitative estimate of drug-likeness (QED) is 0.793. The molecule has 3 heterocycles. The highest BCUT2D eigenvalue weighted by Crippen LogP contribution is 2.21. The van der Waals surface area contributed by atoms with E-state index in [1.165, 1.54) is 0 Å². The number of nitrogens with zero attached hydrogens (tertiary/aromatic N) is 6. The summed E-state index contributed by atoms with van der Waals surface area (Å²) in [5, 5.41) is 0. The number of rotatable bonds is 3. The number of nitrogen functional groups attached to an aromatic ring is 1. The summed E-state index contributed by atoms with van der Waals surface area (Å²) in [6.45, 7) is 4.88. The lowest BCUT2D eigenvalue weighted by Crippen LogP contribution is -2.38. The molecule has 0 amide bonds. The van der Waals surface area contributed by atoms with E-state index in [-0.39, 0.29) is 5.95 Å². The van der Waals surface area contributed by atoms with Crippen molar-refractivity contribution in [1.29, 1.82) is 0 Å². The van der Waals surface area contributed by atoms with Crippen LogP contribution in [0, 0.1) is 0 Å². The van der Waals surface area contributed by atoms with Crippen molar-refractivity contribution in [2.75, 3.05) is 69.0 Å². The molecule has 2 saturated heterocycles. The van der Waals surface area contributed by atoms with E-state index in [0.717, 1.165) is 32.6 Å². The molecular weight excluding hydrogens is 270 g/mol. The van der Waals surface area contributed by atoms with E-state index in [9.17, 15) is 0 Å². The maximum Gasteiger partial charge on any atom is 0.232 e. The summed E-state index contributed by atoms with van der Waals surface area (Å²) in [6, 6.07) is 0.537. The van der Waals surface area contributed by atoms with E-state index >= 15 is 0 Å². The topological polar surface area (TPSA) is 83.6 Å². The molecule has 2 aliphatic rings. The van der Waals surface area contributed by atoms with Crippen molar-refractivity contribution in [3.8, 4) is 0 Å². The van der Waals surface area contributed by atoms with Crippen LogP contribution < -0.4 is 15.5 Å². The summed E-state index contributed by atoms with van der Waals surface area (Å²) in [5.74, 6) is 1.64. The summed E-state index contributed by atoms with van der Waals surface area (Å²) >= 11 is 0. The minimum absolute atomic E-state index is 0.287. The normalized spacial score (nSPS) is 23.1. The molecule has 8 heteroatoms. The number of anilines is 3. The zero-order chi connectivity index (χ0) is 14.8. The first-order valence-corrected chi connectivity index (χ1v) is 7.39. The highest BCUT2D eigenvalue weighted by Gasteiger charge is 2.27. The SMILES string of the molecule is CN(C)C1CCN(c2nc(N)nc(N3CCOCC3)n2)C1. The lowest BCUT2D eigenvalue weighted by Gasteiger charge is -2.27. The van der Waals surface area contributed by atoms with Gasteiger partial charge in [0.05, 0.1) is 13.2 Å².